The van der Waals surface area contributed by atoms with Gasteiger partial charge in [0.1, 0.15) is 5.82 Å². The zero-order valence-corrected chi connectivity index (χ0v) is 21.6. The molecule has 0 aliphatic carbocycles. The first kappa shape index (κ1) is 27.2. The molecule has 0 radical (unpaired) electrons. The maximum atomic E-state index is 14.2. The van der Waals surface area contributed by atoms with Gasteiger partial charge in [-0.2, -0.15) is 13.2 Å². The fraction of sp³-hybridized carbons (Fsp3) is 0.296. The van der Waals surface area contributed by atoms with Gasteiger partial charge in [0, 0.05) is 49.9 Å². The van der Waals surface area contributed by atoms with Crippen LogP contribution >= 0.6 is 23.2 Å². The van der Waals surface area contributed by atoms with E-state index < -0.39 is 17.6 Å². The quantitative estimate of drug-likeness (QED) is 0.336. The Morgan fingerprint density at radius 1 is 1.03 bits per heavy atom. The normalized spacial score (nSPS) is 17.9. The Labute approximate surface area is 222 Å². The first-order chi connectivity index (χ1) is 17.5. The first-order valence-corrected chi connectivity index (χ1v) is 12.3. The van der Waals surface area contributed by atoms with Gasteiger partial charge >= 0.3 is 6.18 Å². The Hall–Kier alpha value is -2.81. The lowest BCUT2D eigenvalue weighted by Crippen LogP contribution is -2.38. The Kier molecular flexibility index (Phi) is 8.02. The summed E-state index contributed by atoms with van der Waals surface area (Å²) in [7, 11) is 3.60. The summed E-state index contributed by atoms with van der Waals surface area (Å²) in [5.74, 6) is -1.60. The van der Waals surface area contributed by atoms with Gasteiger partial charge in [0.25, 0.3) is 5.91 Å². The molecule has 3 aromatic carbocycles. The van der Waals surface area contributed by atoms with E-state index in [2.05, 4.69) is 5.32 Å². The maximum Gasteiger partial charge on any atom is 0.419 e. The molecule has 0 saturated carbocycles. The van der Waals surface area contributed by atoms with Gasteiger partial charge in [-0.1, -0.05) is 35.3 Å². The van der Waals surface area contributed by atoms with Gasteiger partial charge in [0.2, 0.25) is 0 Å². The molecule has 4 rings (SSSR count). The van der Waals surface area contributed by atoms with Gasteiger partial charge in [-0.3, -0.25) is 9.69 Å². The summed E-state index contributed by atoms with van der Waals surface area (Å²) in [4.78, 5) is 17.0. The maximum absolute atomic E-state index is 14.2. The van der Waals surface area contributed by atoms with Crippen LogP contribution < -0.4 is 5.32 Å². The number of nitrogens with one attached hydrogen (secondary N) is 1. The zero-order valence-electron chi connectivity index (χ0n) is 20.1. The monoisotopic (exact) mass is 553 g/mol. The highest BCUT2D eigenvalue weighted by Crippen LogP contribution is 2.36. The van der Waals surface area contributed by atoms with Gasteiger partial charge in [-0.25, -0.2) is 4.39 Å². The van der Waals surface area contributed by atoms with E-state index >= 15 is 0 Å². The minimum atomic E-state index is -4.76. The highest BCUT2D eigenvalue weighted by molar-refractivity contribution is 6.42. The number of halogens is 6. The molecule has 2 unspecified atom stereocenters. The van der Waals surface area contributed by atoms with Crippen molar-refractivity contribution >= 4 is 34.8 Å². The topological polar surface area (TPSA) is 35.6 Å². The van der Waals surface area contributed by atoms with Gasteiger partial charge in [0.15, 0.2) is 0 Å². The molecule has 0 bridgehead atoms. The van der Waals surface area contributed by atoms with Crippen molar-refractivity contribution in [2.45, 2.75) is 24.7 Å². The molecule has 1 saturated heterocycles. The molecule has 1 amide bonds. The van der Waals surface area contributed by atoms with Gasteiger partial charge in [-0.05, 0) is 66.7 Å². The molecule has 1 fully saturated rings. The van der Waals surface area contributed by atoms with Crippen molar-refractivity contribution < 1.29 is 22.4 Å². The van der Waals surface area contributed by atoms with E-state index in [-0.39, 0.29) is 24.4 Å². The molecule has 1 N–H and O–H groups in total. The van der Waals surface area contributed by atoms with Crippen molar-refractivity contribution in [3.05, 3.63) is 98.8 Å². The lowest BCUT2D eigenvalue weighted by atomic mass is 9.93. The van der Waals surface area contributed by atoms with Crippen molar-refractivity contribution in [1.82, 2.24) is 9.80 Å². The molecule has 37 heavy (non-hydrogen) atoms. The summed E-state index contributed by atoms with van der Waals surface area (Å²) in [6.07, 6.45) is -4.76. The van der Waals surface area contributed by atoms with Crippen LogP contribution in [0.2, 0.25) is 10.0 Å². The number of carbonyl (C=O) groups excluding carboxylic acids is 1. The number of anilines is 1. The average Bonchev–Trinajstić information content (AvgIpc) is 3.30. The van der Waals surface area contributed by atoms with Crippen molar-refractivity contribution in [2.24, 2.45) is 0 Å². The van der Waals surface area contributed by atoms with Gasteiger partial charge < -0.3 is 10.2 Å². The standard InChI is InChI=1S/C27H25Cl2F4N3O/c1-34-19-7-4-17(5-8-19)26(37)36-14-20(18-6-10-22(28)23(29)12-18)25(15-36)35(2)13-16-3-9-21(24(30)11-16)27(31,32)33/h3-12,20,25,34H,13-15H2,1-2H3. The number of benzene rings is 3. The minimum absolute atomic E-state index is 0.135. The van der Waals surface area contributed by atoms with Crippen molar-refractivity contribution in [1.29, 1.82) is 0 Å². The van der Waals surface area contributed by atoms with Crippen LogP contribution in [0.1, 0.15) is 33.0 Å². The molecule has 4 nitrogen and oxygen atoms in total. The van der Waals surface area contributed by atoms with Gasteiger partial charge in [-0.15, -0.1) is 0 Å². The summed E-state index contributed by atoms with van der Waals surface area (Å²) in [6, 6.07) is 15.2. The molecule has 1 aliphatic heterocycles. The third-order valence-electron chi connectivity index (χ3n) is 6.71. The van der Waals surface area contributed by atoms with E-state index in [1.165, 1.54) is 6.07 Å². The molecule has 2 atom stereocenters. The van der Waals surface area contributed by atoms with Crippen LogP contribution in [0.25, 0.3) is 0 Å². The largest absolute Gasteiger partial charge is 0.419 e. The lowest BCUT2D eigenvalue weighted by Gasteiger charge is -2.29. The molecule has 1 aliphatic rings. The molecule has 196 valence electrons. The Bertz CT molecular complexity index is 1280. The minimum Gasteiger partial charge on any atom is -0.388 e. The van der Waals surface area contributed by atoms with Crippen LogP contribution in [0, 0.1) is 5.82 Å². The van der Waals surface area contributed by atoms with Crippen LogP contribution in [0.4, 0.5) is 23.2 Å². The van der Waals surface area contributed by atoms with E-state index in [4.69, 9.17) is 23.2 Å². The number of hydrogen-bond acceptors (Lipinski definition) is 3. The molecular weight excluding hydrogens is 529 g/mol. The highest BCUT2D eigenvalue weighted by Gasteiger charge is 2.39. The SMILES string of the molecule is CNc1ccc(C(=O)N2CC(c3ccc(Cl)c(Cl)c3)C(N(C)Cc3ccc(C(F)(F)F)c(F)c3)C2)cc1. The number of rotatable bonds is 6. The number of likely N-dealkylation sites (N-methyl/N-ethyl adjacent to an activating group) is 1. The number of likely N-dealkylation sites (tertiary alicyclic amines) is 1. The molecule has 10 heteroatoms. The molecule has 0 spiro atoms. The average molecular weight is 554 g/mol. The molecule has 3 aromatic rings. The summed E-state index contributed by atoms with van der Waals surface area (Å²) in [5, 5.41) is 3.81. The Morgan fingerprint density at radius 3 is 2.32 bits per heavy atom. The number of hydrogen-bond donors (Lipinski definition) is 1. The fourth-order valence-electron chi connectivity index (χ4n) is 4.72. The highest BCUT2D eigenvalue weighted by atomic mass is 35.5. The molecular formula is C27H25Cl2F4N3O. The number of amides is 1. The summed E-state index contributed by atoms with van der Waals surface area (Å²) < 4.78 is 53.1. The van der Waals surface area contributed by atoms with E-state index in [0.29, 0.717) is 34.3 Å². The van der Waals surface area contributed by atoms with E-state index in [9.17, 15) is 22.4 Å². The van der Waals surface area contributed by atoms with Crippen molar-refractivity contribution in [3.63, 3.8) is 0 Å². The first-order valence-electron chi connectivity index (χ1n) is 11.6. The smallest absolute Gasteiger partial charge is 0.388 e. The Morgan fingerprint density at radius 2 is 1.73 bits per heavy atom. The summed E-state index contributed by atoms with van der Waals surface area (Å²) in [6.45, 7) is 0.967. The van der Waals surface area contributed by atoms with E-state index in [0.717, 1.165) is 23.4 Å². The van der Waals surface area contributed by atoms with Crippen molar-refractivity contribution in [3.8, 4) is 0 Å². The zero-order chi connectivity index (χ0) is 26.9. The number of carbonyl (C=O) groups is 1. The van der Waals surface area contributed by atoms with Crippen molar-refractivity contribution in [2.75, 3.05) is 32.5 Å². The summed E-state index contributed by atoms with van der Waals surface area (Å²) >= 11 is 12.4. The number of alkyl halides is 3. The van der Waals surface area contributed by atoms with E-state index in [1.807, 2.05) is 23.1 Å². The van der Waals surface area contributed by atoms with Crippen LogP contribution in [-0.4, -0.2) is 48.9 Å². The van der Waals surface area contributed by atoms with E-state index in [1.54, 1.807) is 43.3 Å². The van der Waals surface area contributed by atoms with Crippen LogP contribution in [0.3, 0.4) is 0 Å². The lowest BCUT2D eigenvalue weighted by molar-refractivity contribution is -0.140. The summed E-state index contributed by atoms with van der Waals surface area (Å²) in [5.41, 5.74) is 1.40. The third-order valence-corrected chi connectivity index (χ3v) is 7.44. The predicted molar refractivity (Wildman–Crippen MR) is 138 cm³/mol. The number of nitrogens with zero attached hydrogens (tertiary/aromatic N) is 2. The second kappa shape index (κ2) is 10.9. The fourth-order valence-corrected chi connectivity index (χ4v) is 5.03. The molecule has 0 aromatic heterocycles. The van der Waals surface area contributed by atoms with Crippen LogP contribution in [-0.2, 0) is 12.7 Å². The van der Waals surface area contributed by atoms with Crippen LogP contribution in [0.15, 0.2) is 60.7 Å². The van der Waals surface area contributed by atoms with Gasteiger partial charge in [0.05, 0.1) is 15.6 Å². The third kappa shape index (κ3) is 6.03. The Balaban J connectivity index is 1.60. The second-order valence-corrected chi connectivity index (χ2v) is 9.93. The second-order valence-electron chi connectivity index (χ2n) is 9.11. The van der Waals surface area contributed by atoms with Crippen LogP contribution in [0.5, 0.6) is 0 Å². The predicted octanol–water partition coefficient (Wildman–Crippen LogP) is 6.93. The molecule has 1 heterocycles.